The molecule has 1 amide bonds. The Morgan fingerprint density at radius 1 is 1.20 bits per heavy atom. The van der Waals surface area contributed by atoms with Gasteiger partial charge in [-0.3, -0.25) is 4.79 Å². The van der Waals surface area contributed by atoms with E-state index in [2.05, 4.69) is 10.3 Å². The molecule has 1 aromatic carbocycles. The SMILES string of the molecule is C[C@H](Nc1ccc2c(Cl)ccc(Cl)c2n1)C(=O)N(C)C. The molecule has 1 aromatic heterocycles. The van der Waals surface area contributed by atoms with Gasteiger partial charge in [-0.1, -0.05) is 23.2 Å². The lowest BCUT2D eigenvalue weighted by Gasteiger charge is -2.18. The van der Waals surface area contributed by atoms with Crippen LogP contribution < -0.4 is 5.32 Å². The monoisotopic (exact) mass is 311 g/mol. The number of nitrogens with zero attached hydrogens (tertiary/aromatic N) is 2. The minimum absolute atomic E-state index is 0.0240. The number of amides is 1. The molecule has 1 N–H and O–H groups in total. The van der Waals surface area contributed by atoms with E-state index in [-0.39, 0.29) is 11.9 Å². The van der Waals surface area contributed by atoms with E-state index in [1.807, 2.05) is 6.07 Å². The van der Waals surface area contributed by atoms with Gasteiger partial charge in [-0.05, 0) is 31.2 Å². The number of hydrogen-bond acceptors (Lipinski definition) is 3. The number of aromatic nitrogens is 1. The summed E-state index contributed by atoms with van der Waals surface area (Å²) in [5, 5.41) is 4.97. The molecule has 0 radical (unpaired) electrons. The number of fused-ring (bicyclic) bond motifs is 1. The first-order valence-corrected chi connectivity index (χ1v) is 6.88. The average Bonchev–Trinajstić information content (AvgIpc) is 2.42. The number of likely N-dealkylation sites (N-methyl/N-ethyl adjacent to an activating group) is 1. The predicted octanol–water partition coefficient (Wildman–Crippen LogP) is 3.43. The van der Waals surface area contributed by atoms with E-state index < -0.39 is 0 Å². The molecule has 0 aliphatic carbocycles. The lowest BCUT2D eigenvalue weighted by atomic mass is 10.2. The van der Waals surface area contributed by atoms with Crippen molar-refractivity contribution in [2.75, 3.05) is 19.4 Å². The van der Waals surface area contributed by atoms with Crippen molar-refractivity contribution >= 4 is 45.8 Å². The van der Waals surface area contributed by atoms with Crippen molar-refractivity contribution in [3.05, 3.63) is 34.3 Å². The van der Waals surface area contributed by atoms with Gasteiger partial charge in [0.1, 0.15) is 11.9 Å². The van der Waals surface area contributed by atoms with Crippen molar-refractivity contribution in [3.8, 4) is 0 Å². The first-order valence-electron chi connectivity index (χ1n) is 6.12. The summed E-state index contributed by atoms with van der Waals surface area (Å²) in [4.78, 5) is 17.8. The number of carbonyl (C=O) groups excluding carboxylic acids is 1. The largest absolute Gasteiger partial charge is 0.359 e. The lowest BCUT2D eigenvalue weighted by Crippen LogP contribution is -2.36. The first kappa shape index (κ1) is 14.9. The zero-order chi connectivity index (χ0) is 14.9. The highest BCUT2D eigenvalue weighted by atomic mass is 35.5. The van der Waals surface area contributed by atoms with Gasteiger partial charge in [0.15, 0.2) is 0 Å². The van der Waals surface area contributed by atoms with E-state index in [0.717, 1.165) is 5.39 Å². The van der Waals surface area contributed by atoms with Gasteiger partial charge in [0.2, 0.25) is 5.91 Å². The second-order valence-corrected chi connectivity index (χ2v) is 5.53. The van der Waals surface area contributed by atoms with Crippen LogP contribution in [0.5, 0.6) is 0 Å². The Kier molecular flexibility index (Phi) is 4.35. The Hall–Kier alpha value is -1.52. The summed E-state index contributed by atoms with van der Waals surface area (Å²) in [6.07, 6.45) is 0. The van der Waals surface area contributed by atoms with Crippen molar-refractivity contribution in [1.82, 2.24) is 9.88 Å². The quantitative estimate of drug-likeness (QED) is 0.944. The van der Waals surface area contributed by atoms with Crippen molar-refractivity contribution in [2.24, 2.45) is 0 Å². The Morgan fingerprint density at radius 3 is 2.50 bits per heavy atom. The van der Waals surface area contributed by atoms with Gasteiger partial charge in [-0.25, -0.2) is 4.98 Å². The highest BCUT2D eigenvalue weighted by Crippen LogP contribution is 2.29. The van der Waals surface area contributed by atoms with Crippen LogP contribution in [0.15, 0.2) is 24.3 Å². The topological polar surface area (TPSA) is 45.2 Å². The predicted molar refractivity (Wildman–Crippen MR) is 83.5 cm³/mol. The third-order valence-electron chi connectivity index (χ3n) is 2.93. The van der Waals surface area contributed by atoms with Crippen LogP contribution in [0.3, 0.4) is 0 Å². The molecule has 0 fully saturated rings. The summed E-state index contributed by atoms with van der Waals surface area (Å²) < 4.78 is 0. The highest BCUT2D eigenvalue weighted by molar-refractivity contribution is 6.39. The number of anilines is 1. The first-order chi connectivity index (χ1) is 9.40. The molecule has 106 valence electrons. The summed E-state index contributed by atoms with van der Waals surface area (Å²) in [5.74, 6) is 0.563. The van der Waals surface area contributed by atoms with Crippen LogP contribution in [0.2, 0.25) is 10.0 Å². The standard InChI is InChI=1S/C14H15Cl2N3O/c1-8(14(20)19(2)3)17-12-7-4-9-10(15)5-6-11(16)13(9)18-12/h4-8H,1-3H3,(H,17,18)/t8-/m0/s1. The molecule has 2 aromatic rings. The fourth-order valence-electron chi connectivity index (χ4n) is 1.90. The van der Waals surface area contributed by atoms with Crippen molar-refractivity contribution in [3.63, 3.8) is 0 Å². The Morgan fingerprint density at radius 2 is 1.85 bits per heavy atom. The van der Waals surface area contributed by atoms with Gasteiger partial charge in [0.05, 0.1) is 15.6 Å². The zero-order valence-corrected chi connectivity index (χ0v) is 13.0. The van der Waals surface area contributed by atoms with Crippen molar-refractivity contribution in [2.45, 2.75) is 13.0 Å². The molecule has 0 unspecified atom stereocenters. The van der Waals surface area contributed by atoms with Crippen molar-refractivity contribution < 1.29 is 4.79 Å². The van der Waals surface area contributed by atoms with Gasteiger partial charge in [0, 0.05) is 19.5 Å². The van der Waals surface area contributed by atoms with Crippen LogP contribution in [0.1, 0.15) is 6.92 Å². The second kappa shape index (κ2) is 5.85. The number of benzene rings is 1. The maximum Gasteiger partial charge on any atom is 0.244 e. The van der Waals surface area contributed by atoms with E-state index in [1.165, 1.54) is 4.90 Å². The molecule has 2 rings (SSSR count). The number of carbonyl (C=O) groups is 1. The zero-order valence-electron chi connectivity index (χ0n) is 11.4. The summed E-state index contributed by atoms with van der Waals surface area (Å²) in [6.45, 7) is 1.79. The van der Waals surface area contributed by atoms with Gasteiger partial charge in [-0.15, -0.1) is 0 Å². The smallest absolute Gasteiger partial charge is 0.244 e. The molecular weight excluding hydrogens is 297 g/mol. The maximum absolute atomic E-state index is 11.8. The molecule has 20 heavy (non-hydrogen) atoms. The highest BCUT2D eigenvalue weighted by Gasteiger charge is 2.15. The number of pyridine rings is 1. The van der Waals surface area contributed by atoms with Gasteiger partial charge in [-0.2, -0.15) is 0 Å². The molecule has 0 saturated carbocycles. The van der Waals surface area contributed by atoms with Gasteiger partial charge >= 0.3 is 0 Å². The number of halogens is 2. The van der Waals surface area contributed by atoms with Crippen LogP contribution in [-0.2, 0) is 4.79 Å². The van der Waals surface area contributed by atoms with E-state index in [1.54, 1.807) is 39.2 Å². The van der Waals surface area contributed by atoms with Gasteiger partial charge < -0.3 is 10.2 Å². The molecule has 0 aliphatic heterocycles. The third kappa shape index (κ3) is 2.97. The fraction of sp³-hybridized carbons (Fsp3) is 0.286. The number of hydrogen-bond donors (Lipinski definition) is 1. The number of rotatable bonds is 3. The van der Waals surface area contributed by atoms with E-state index in [0.29, 0.717) is 21.4 Å². The fourth-order valence-corrected chi connectivity index (χ4v) is 2.32. The second-order valence-electron chi connectivity index (χ2n) is 4.72. The van der Waals surface area contributed by atoms with Crippen LogP contribution in [0, 0.1) is 0 Å². The summed E-state index contributed by atoms with van der Waals surface area (Å²) in [5.41, 5.74) is 0.619. The minimum atomic E-state index is -0.368. The molecular formula is C14H15Cl2N3O. The van der Waals surface area contributed by atoms with E-state index in [4.69, 9.17) is 23.2 Å². The van der Waals surface area contributed by atoms with Crippen LogP contribution in [0.25, 0.3) is 10.9 Å². The molecule has 1 heterocycles. The minimum Gasteiger partial charge on any atom is -0.359 e. The number of nitrogens with one attached hydrogen (secondary N) is 1. The summed E-state index contributed by atoms with van der Waals surface area (Å²) in [7, 11) is 3.43. The molecule has 0 saturated heterocycles. The molecule has 0 aliphatic rings. The van der Waals surface area contributed by atoms with E-state index in [9.17, 15) is 4.79 Å². The summed E-state index contributed by atoms with van der Waals surface area (Å²) in [6, 6.07) is 6.69. The van der Waals surface area contributed by atoms with E-state index >= 15 is 0 Å². The lowest BCUT2D eigenvalue weighted by molar-refractivity contribution is -0.129. The van der Waals surface area contributed by atoms with Crippen LogP contribution in [-0.4, -0.2) is 35.9 Å². The Labute approximate surface area is 127 Å². The average molecular weight is 312 g/mol. The van der Waals surface area contributed by atoms with Crippen LogP contribution >= 0.6 is 23.2 Å². The molecule has 1 atom stereocenters. The van der Waals surface area contributed by atoms with Gasteiger partial charge in [0.25, 0.3) is 0 Å². The molecule has 6 heteroatoms. The molecule has 4 nitrogen and oxygen atoms in total. The Bertz CT molecular complexity index is 658. The Balaban J connectivity index is 2.33. The molecule has 0 bridgehead atoms. The third-order valence-corrected chi connectivity index (χ3v) is 3.56. The molecule has 0 spiro atoms. The van der Waals surface area contributed by atoms with Crippen LogP contribution in [0.4, 0.5) is 5.82 Å². The van der Waals surface area contributed by atoms with Crippen molar-refractivity contribution in [1.29, 1.82) is 0 Å². The normalized spacial score (nSPS) is 12.2. The maximum atomic E-state index is 11.8. The summed E-state index contributed by atoms with van der Waals surface area (Å²) >= 11 is 12.2.